The Morgan fingerprint density at radius 3 is 2.42 bits per heavy atom. The zero-order chi connectivity index (χ0) is 19.1. The van der Waals surface area contributed by atoms with Crippen LogP contribution in [0.4, 0.5) is 11.4 Å². The first-order valence-electron chi connectivity index (χ1n) is 8.36. The molecular formula is C19H22ClN3O3. The number of nitrogens with one attached hydrogen (secondary N) is 1. The van der Waals surface area contributed by atoms with E-state index >= 15 is 0 Å². The van der Waals surface area contributed by atoms with Gasteiger partial charge in [-0.05, 0) is 57.2 Å². The molecule has 1 heterocycles. The number of carbonyl (C=O) groups excluding carboxylic acids is 2. The number of hydrogen-bond acceptors (Lipinski definition) is 5. The normalized spacial score (nSPS) is 10.5. The van der Waals surface area contributed by atoms with Crippen molar-refractivity contribution in [2.75, 3.05) is 23.4 Å². The van der Waals surface area contributed by atoms with Crippen molar-refractivity contribution in [3.63, 3.8) is 0 Å². The number of hydrogen-bond donors (Lipinski definition) is 1. The fraction of sp³-hybridized carbons (Fsp3) is 0.316. The molecule has 0 spiro atoms. The van der Waals surface area contributed by atoms with Crippen molar-refractivity contribution in [1.29, 1.82) is 0 Å². The van der Waals surface area contributed by atoms with Gasteiger partial charge < -0.3 is 15.0 Å². The van der Waals surface area contributed by atoms with E-state index in [-0.39, 0.29) is 17.3 Å². The second-order valence-electron chi connectivity index (χ2n) is 5.92. The molecule has 0 saturated heterocycles. The molecule has 138 valence electrons. The minimum absolute atomic E-state index is 0.236. The minimum Gasteiger partial charge on any atom is -0.452 e. The first-order chi connectivity index (χ1) is 12.4. The van der Waals surface area contributed by atoms with Crippen molar-refractivity contribution >= 4 is 34.9 Å². The molecule has 1 aromatic carbocycles. The van der Waals surface area contributed by atoms with Gasteiger partial charge in [-0.1, -0.05) is 11.6 Å². The van der Waals surface area contributed by atoms with E-state index in [1.807, 2.05) is 24.3 Å². The highest BCUT2D eigenvalue weighted by Crippen LogP contribution is 2.19. The lowest BCUT2D eigenvalue weighted by Gasteiger charge is -2.27. The van der Waals surface area contributed by atoms with Gasteiger partial charge in [-0.25, -0.2) is 9.78 Å². The molecule has 7 heteroatoms. The van der Waals surface area contributed by atoms with Crippen LogP contribution in [0.25, 0.3) is 0 Å². The largest absolute Gasteiger partial charge is 0.452 e. The number of benzene rings is 1. The summed E-state index contributed by atoms with van der Waals surface area (Å²) < 4.78 is 4.97. The molecule has 1 N–H and O–H groups in total. The van der Waals surface area contributed by atoms with Crippen LogP contribution in [0.2, 0.25) is 5.15 Å². The Kier molecular flexibility index (Phi) is 6.97. The number of nitrogens with zero attached hydrogens (tertiary/aromatic N) is 2. The highest BCUT2D eigenvalue weighted by atomic mass is 35.5. The molecule has 26 heavy (non-hydrogen) atoms. The van der Waals surface area contributed by atoms with E-state index in [1.54, 1.807) is 0 Å². The summed E-state index contributed by atoms with van der Waals surface area (Å²) in [5.74, 6) is -1.04. The molecule has 0 aliphatic carbocycles. The van der Waals surface area contributed by atoms with Crippen molar-refractivity contribution in [1.82, 2.24) is 4.98 Å². The summed E-state index contributed by atoms with van der Waals surface area (Å²) in [4.78, 5) is 29.8. The fourth-order valence-corrected chi connectivity index (χ4v) is 2.60. The topological polar surface area (TPSA) is 71.5 Å². The standard InChI is InChI=1S/C19H22ClN3O3/c1-4-23(13(2)3)16-8-6-15(7-9-16)22-18(24)12-26-19(25)14-5-10-17(20)21-11-14/h5-11,13H,4,12H2,1-3H3,(H,22,24). The summed E-state index contributed by atoms with van der Waals surface area (Å²) in [6.07, 6.45) is 1.30. The number of esters is 1. The Bertz CT molecular complexity index is 746. The maximum Gasteiger partial charge on any atom is 0.340 e. The third-order valence-electron chi connectivity index (χ3n) is 3.74. The molecular weight excluding hydrogens is 354 g/mol. The Balaban J connectivity index is 1.87. The zero-order valence-electron chi connectivity index (χ0n) is 15.0. The summed E-state index contributed by atoms with van der Waals surface area (Å²) >= 11 is 5.66. The van der Waals surface area contributed by atoms with E-state index in [2.05, 4.69) is 36.0 Å². The second kappa shape index (κ2) is 9.20. The molecule has 0 unspecified atom stereocenters. The Hall–Kier alpha value is -2.60. The van der Waals surface area contributed by atoms with Gasteiger partial charge in [0.05, 0.1) is 5.56 Å². The zero-order valence-corrected chi connectivity index (χ0v) is 15.8. The second-order valence-corrected chi connectivity index (χ2v) is 6.31. The van der Waals surface area contributed by atoms with Crippen LogP contribution in [0.15, 0.2) is 42.6 Å². The van der Waals surface area contributed by atoms with Crippen molar-refractivity contribution in [2.45, 2.75) is 26.8 Å². The van der Waals surface area contributed by atoms with Crippen LogP contribution in [-0.4, -0.2) is 36.1 Å². The van der Waals surface area contributed by atoms with Gasteiger partial charge in [0, 0.05) is 30.2 Å². The highest BCUT2D eigenvalue weighted by molar-refractivity contribution is 6.29. The van der Waals surface area contributed by atoms with E-state index in [0.29, 0.717) is 11.7 Å². The molecule has 2 rings (SSSR count). The molecule has 0 aliphatic rings. The summed E-state index contributed by atoms with van der Waals surface area (Å²) in [7, 11) is 0. The number of carbonyl (C=O) groups is 2. The van der Waals surface area contributed by atoms with Gasteiger partial charge in [-0.3, -0.25) is 4.79 Å². The van der Waals surface area contributed by atoms with Gasteiger partial charge in [-0.15, -0.1) is 0 Å². The molecule has 2 aromatic rings. The SMILES string of the molecule is CCN(c1ccc(NC(=O)COC(=O)c2ccc(Cl)nc2)cc1)C(C)C. The number of amides is 1. The third-order valence-corrected chi connectivity index (χ3v) is 3.97. The van der Waals surface area contributed by atoms with Crippen LogP contribution in [0.5, 0.6) is 0 Å². The maximum atomic E-state index is 12.0. The highest BCUT2D eigenvalue weighted by Gasteiger charge is 2.12. The summed E-state index contributed by atoms with van der Waals surface area (Å²) in [6.45, 7) is 6.88. The molecule has 0 aliphatic heterocycles. The maximum absolute atomic E-state index is 12.0. The first-order valence-corrected chi connectivity index (χ1v) is 8.73. The quantitative estimate of drug-likeness (QED) is 0.589. The lowest BCUT2D eigenvalue weighted by Crippen LogP contribution is -2.30. The van der Waals surface area contributed by atoms with Crippen LogP contribution >= 0.6 is 11.6 Å². The lowest BCUT2D eigenvalue weighted by molar-refractivity contribution is -0.119. The van der Waals surface area contributed by atoms with Gasteiger partial charge in [0.1, 0.15) is 5.15 Å². The van der Waals surface area contributed by atoms with Gasteiger partial charge in [0.2, 0.25) is 0 Å². The molecule has 0 atom stereocenters. The average molecular weight is 376 g/mol. The number of halogens is 1. The predicted molar refractivity (Wildman–Crippen MR) is 103 cm³/mol. The van der Waals surface area contributed by atoms with Crippen molar-refractivity contribution in [3.05, 3.63) is 53.3 Å². The molecule has 0 fully saturated rings. The van der Waals surface area contributed by atoms with Crippen LogP contribution in [0.3, 0.4) is 0 Å². The molecule has 1 aromatic heterocycles. The van der Waals surface area contributed by atoms with E-state index in [0.717, 1.165) is 12.2 Å². The predicted octanol–water partition coefficient (Wildman–Crippen LogP) is 3.77. The van der Waals surface area contributed by atoms with Crippen molar-refractivity contribution in [3.8, 4) is 0 Å². The van der Waals surface area contributed by atoms with Gasteiger partial charge in [0.25, 0.3) is 5.91 Å². The molecule has 0 radical (unpaired) electrons. The molecule has 0 bridgehead atoms. The van der Waals surface area contributed by atoms with Gasteiger partial charge in [0.15, 0.2) is 6.61 Å². The van der Waals surface area contributed by atoms with Crippen molar-refractivity contribution in [2.24, 2.45) is 0 Å². The number of pyridine rings is 1. The molecule has 1 amide bonds. The number of aromatic nitrogens is 1. The number of ether oxygens (including phenoxy) is 1. The number of anilines is 2. The lowest BCUT2D eigenvalue weighted by atomic mass is 10.2. The van der Waals surface area contributed by atoms with E-state index < -0.39 is 11.9 Å². The summed E-state index contributed by atoms with van der Waals surface area (Å²) in [5.41, 5.74) is 1.96. The Morgan fingerprint density at radius 1 is 1.19 bits per heavy atom. The van der Waals surface area contributed by atoms with Crippen LogP contribution < -0.4 is 10.2 Å². The minimum atomic E-state index is -0.629. The monoisotopic (exact) mass is 375 g/mol. The van der Waals surface area contributed by atoms with Crippen LogP contribution in [0, 0.1) is 0 Å². The van der Waals surface area contributed by atoms with E-state index in [4.69, 9.17) is 16.3 Å². The van der Waals surface area contributed by atoms with Gasteiger partial charge in [-0.2, -0.15) is 0 Å². The summed E-state index contributed by atoms with van der Waals surface area (Å²) in [5, 5.41) is 2.98. The summed E-state index contributed by atoms with van der Waals surface area (Å²) in [6, 6.07) is 10.9. The van der Waals surface area contributed by atoms with Gasteiger partial charge >= 0.3 is 5.97 Å². The molecule has 0 saturated carbocycles. The third kappa shape index (κ3) is 5.46. The van der Waals surface area contributed by atoms with E-state index in [1.165, 1.54) is 18.3 Å². The van der Waals surface area contributed by atoms with E-state index in [9.17, 15) is 9.59 Å². The average Bonchev–Trinajstić information content (AvgIpc) is 2.62. The molecule has 6 nitrogen and oxygen atoms in total. The smallest absolute Gasteiger partial charge is 0.340 e. The number of rotatable bonds is 7. The Labute approximate surface area is 158 Å². The fourth-order valence-electron chi connectivity index (χ4n) is 2.49. The Morgan fingerprint density at radius 2 is 1.88 bits per heavy atom. The van der Waals surface area contributed by atoms with Crippen LogP contribution in [0.1, 0.15) is 31.1 Å². The van der Waals surface area contributed by atoms with Crippen LogP contribution in [-0.2, 0) is 9.53 Å². The first kappa shape index (κ1) is 19.7. The van der Waals surface area contributed by atoms with Crippen molar-refractivity contribution < 1.29 is 14.3 Å².